The summed E-state index contributed by atoms with van der Waals surface area (Å²) in [4.78, 5) is 0. The Morgan fingerprint density at radius 2 is 2.12 bits per heavy atom. The summed E-state index contributed by atoms with van der Waals surface area (Å²) in [5.41, 5.74) is 0. The van der Waals surface area contributed by atoms with Crippen LogP contribution in [0, 0.1) is 0 Å². The molecule has 48 valence electrons. The minimum Gasteiger partial charge on any atom is -0.388 e. The van der Waals surface area contributed by atoms with E-state index >= 15 is 0 Å². The molecule has 0 aliphatic rings. The molecule has 0 heterocycles. The molecule has 0 spiro atoms. The molecule has 0 radical (unpaired) electrons. The zero-order chi connectivity index (χ0) is 6.41. The summed E-state index contributed by atoms with van der Waals surface area (Å²) in [5.74, 6) is 0. The van der Waals surface area contributed by atoms with Crippen LogP contribution in [0.2, 0.25) is 0 Å². The summed E-state index contributed by atoms with van der Waals surface area (Å²) in [6.07, 6.45) is 4.01. The van der Waals surface area contributed by atoms with Gasteiger partial charge in [-0.2, -0.15) is 0 Å². The maximum Gasteiger partial charge on any atom is 0.0199 e. The van der Waals surface area contributed by atoms with Crippen molar-refractivity contribution in [1.29, 1.82) is 0 Å². The van der Waals surface area contributed by atoms with Gasteiger partial charge < -0.3 is 5.32 Å². The van der Waals surface area contributed by atoms with Crippen LogP contribution in [-0.4, -0.2) is 12.3 Å². The molecule has 0 aromatic heterocycles. The minimum atomic E-state index is 0.554. The largest absolute Gasteiger partial charge is 0.388 e. The van der Waals surface area contributed by atoms with Gasteiger partial charge in [0.05, 0.1) is 0 Å². The van der Waals surface area contributed by atoms with Crippen molar-refractivity contribution in [2.45, 2.75) is 19.9 Å². The standard InChI is InChI=1S/C6H13NS/c1-6(2)7-4-5-8-3/h4-7H,1-3H3/b5-4-. The lowest BCUT2D eigenvalue weighted by atomic mass is 10.4. The van der Waals surface area contributed by atoms with E-state index in [4.69, 9.17) is 0 Å². The first-order valence-electron chi connectivity index (χ1n) is 2.71. The van der Waals surface area contributed by atoms with E-state index in [9.17, 15) is 0 Å². The monoisotopic (exact) mass is 131 g/mol. The Morgan fingerprint density at radius 3 is 2.50 bits per heavy atom. The molecule has 0 amide bonds. The van der Waals surface area contributed by atoms with Crippen LogP contribution in [-0.2, 0) is 0 Å². The second kappa shape index (κ2) is 5.04. The van der Waals surface area contributed by atoms with Crippen LogP contribution in [0.1, 0.15) is 13.8 Å². The highest BCUT2D eigenvalue weighted by Gasteiger charge is 1.80. The fourth-order valence-electron chi connectivity index (χ4n) is 0.300. The summed E-state index contributed by atoms with van der Waals surface area (Å²) in [7, 11) is 0. The third-order valence-corrected chi connectivity index (χ3v) is 1.04. The van der Waals surface area contributed by atoms with Gasteiger partial charge in [0.15, 0.2) is 0 Å². The molecule has 0 aromatic carbocycles. The van der Waals surface area contributed by atoms with E-state index in [0.29, 0.717) is 6.04 Å². The lowest BCUT2D eigenvalue weighted by molar-refractivity contribution is 0.703. The van der Waals surface area contributed by atoms with Crippen molar-refractivity contribution in [1.82, 2.24) is 5.32 Å². The van der Waals surface area contributed by atoms with Crippen LogP contribution in [0.4, 0.5) is 0 Å². The van der Waals surface area contributed by atoms with Crippen molar-refractivity contribution >= 4 is 11.8 Å². The predicted molar refractivity (Wildman–Crippen MR) is 40.9 cm³/mol. The summed E-state index contributed by atoms with van der Waals surface area (Å²) in [6.45, 7) is 4.23. The predicted octanol–water partition coefficient (Wildman–Crippen LogP) is 1.82. The van der Waals surface area contributed by atoms with Gasteiger partial charge in [-0.1, -0.05) is 0 Å². The van der Waals surface area contributed by atoms with Gasteiger partial charge in [-0.15, -0.1) is 11.8 Å². The first-order chi connectivity index (χ1) is 3.77. The molecule has 0 saturated heterocycles. The van der Waals surface area contributed by atoms with Crippen LogP contribution in [0.3, 0.4) is 0 Å². The lowest BCUT2D eigenvalue weighted by Gasteiger charge is -2.00. The molecular formula is C6H13NS. The molecule has 0 aliphatic heterocycles. The number of nitrogens with one attached hydrogen (secondary N) is 1. The maximum atomic E-state index is 3.14. The molecule has 0 rings (SSSR count). The fraction of sp³-hybridized carbons (Fsp3) is 0.667. The van der Waals surface area contributed by atoms with Crippen LogP contribution in [0.15, 0.2) is 11.6 Å². The summed E-state index contributed by atoms with van der Waals surface area (Å²) in [6, 6.07) is 0.554. The average Bonchev–Trinajstić information content (AvgIpc) is 1.66. The second-order valence-corrected chi connectivity index (χ2v) is 2.60. The van der Waals surface area contributed by atoms with Gasteiger partial charge in [0.2, 0.25) is 0 Å². The molecule has 0 aromatic rings. The highest BCUT2D eigenvalue weighted by atomic mass is 32.2. The summed E-state index contributed by atoms with van der Waals surface area (Å²) < 4.78 is 0. The molecule has 1 nitrogen and oxygen atoms in total. The molecule has 0 fully saturated rings. The maximum absolute atomic E-state index is 3.14. The van der Waals surface area contributed by atoms with E-state index in [2.05, 4.69) is 19.2 Å². The van der Waals surface area contributed by atoms with Gasteiger partial charge in [0.1, 0.15) is 0 Å². The van der Waals surface area contributed by atoms with Gasteiger partial charge in [0, 0.05) is 12.2 Å². The smallest absolute Gasteiger partial charge is 0.0199 e. The van der Waals surface area contributed by atoms with Crippen LogP contribution in [0.5, 0.6) is 0 Å². The normalized spacial score (nSPS) is 11.0. The Hall–Kier alpha value is -0.110. The van der Waals surface area contributed by atoms with Crippen molar-refractivity contribution in [3.8, 4) is 0 Å². The molecule has 0 bridgehead atoms. The van der Waals surface area contributed by atoms with Crippen molar-refractivity contribution in [3.63, 3.8) is 0 Å². The molecule has 8 heavy (non-hydrogen) atoms. The SMILES string of the molecule is CS/C=C\NC(C)C. The topological polar surface area (TPSA) is 12.0 Å². The second-order valence-electron chi connectivity index (χ2n) is 1.86. The van der Waals surface area contributed by atoms with E-state index in [1.165, 1.54) is 0 Å². The zero-order valence-corrected chi connectivity index (χ0v) is 6.46. The fourth-order valence-corrected chi connectivity index (χ4v) is 0.514. The minimum absolute atomic E-state index is 0.554. The molecule has 1 N–H and O–H groups in total. The van der Waals surface area contributed by atoms with Gasteiger partial charge in [-0.25, -0.2) is 0 Å². The molecule has 0 aliphatic carbocycles. The Labute approximate surface area is 55.5 Å². The van der Waals surface area contributed by atoms with Crippen LogP contribution in [0.25, 0.3) is 0 Å². The van der Waals surface area contributed by atoms with Gasteiger partial charge in [0.25, 0.3) is 0 Å². The molecule has 2 heteroatoms. The summed E-state index contributed by atoms with van der Waals surface area (Å²) in [5, 5.41) is 5.17. The third kappa shape index (κ3) is 5.89. The Kier molecular flexibility index (Phi) is 4.97. The van der Waals surface area contributed by atoms with Gasteiger partial charge >= 0.3 is 0 Å². The number of hydrogen-bond acceptors (Lipinski definition) is 2. The Balaban J connectivity index is 3.03. The van der Waals surface area contributed by atoms with Gasteiger partial charge in [-0.05, 0) is 25.5 Å². The highest BCUT2D eigenvalue weighted by Crippen LogP contribution is 1.90. The van der Waals surface area contributed by atoms with Crippen molar-refractivity contribution in [2.75, 3.05) is 6.26 Å². The first kappa shape index (κ1) is 7.89. The number of rotatable bonds is 3. The first-order valence-corrected chi connectivity index (χ1v) is 4.00. The molecule has 0 atom stereocenters. The van der Waals surface area contributed by atoms with Crippen LogP contribution < -0.4 is 5.32 Å². The average molecular weight is 131 g/mol. The third-order valence-electron chi connectivity index (χ3n) is 0.634. The number of hydrogen-bond donors (Lipinski definition) is 1. The zero-order valence-electron chi connectivity index (χ0n) is 5.64. The van der Waals surface area contributed by atoms with Crippen molar-refractivity contribution in [3.05, 3.63) is 11.6 Å². The van der Waals surface area contributed by atoms with Gasteiger partial charge in [-0.3, -0.25) is 0 Å². The van der Waals surface area contributed by atoms with Crippen LogP contribution >= 0.6 is 11.8 Å². The Bertz CT molecular complexity index is 68.9. The molecular weight excluding hydrogens is 118 g/mol. The van der Waals surface area contributed by atoms with E-state index in [1.54, 1.807) is 11.8 Å². The molecule has 0 saturated carbocycles. The quantitative estimate of drug-likeness (QED) is 0.627. The van der Waals surface area contributed by atoms with E-state index in [0.717, 1.165) is 0 Å². The number of thioether (sulfide) groups is 1. The van der Waals surface area contributed by atoms with Crippen molar-refractivity contribution in [2.24, 2.45) is 0 Å². The van der Waals surface area contributed by atoms with Crippen molar-refractivity contribution < 1.29 is 0 Å². The highest BCUT2D eigenvalue weighted by molar-refractivity contribution is 8.01. The van der Waals surface area contributed by atoms with E-state index < -0.39 is 0 Å². The Morgan fingerprint density at radius 1 is 1.50 bits per heavy atom. The lowest BCUT2D eigenvalue weighted by Crippen LogP contribution is -2.14. The summed E-state index contributed by atoms with van der Waals surface area (Å²) >= 11 is 1.70. The van der Waals surface area contributed by atoms with E-state index in [-0.39, 0.29) is 0 Å². The molecule has 0 unspecified atom stereocenters. The van der Waals surface area contributed by atoms with E-state index in [1.807, 2.05) is 17.9 Å².